The predicted octanol–water partition coefficient (Wildman–Crippen LogP) is 2.92. The van der Waals surface area contributed by atoms with E-state index in [0.29, 0.717) is 12.1 Å². The molecule has 0 spiro atoms. The maximum absolute atomic E-state index is 5.43. The van der Waals surface area contributed by atoms with Gasteiger partial charge in [-0.2, -0.15) is 5.10 Å². The Bertz CT molecular complexity index is 1130. The Balaban J connectivity index is 1.25. The number of rotatable bonds is 3. The minimum absolute atomic E-state index is 0.0215. The van der Waals surface area contributed by atoms with Gasteiger partial charge in [0.05, 0.1) is 24.6 Å². The number of nitrogens with zero attached hydrogens (tertiary/aromatic N) is 7. The van der Waals surface area contributed by atoms with Gasteiger partial charge >= 0.3 is 0 Å². The molecule has 0 aromatic carbocycles. The van der Waals surface area contributed by atoms with Crippen molar-refractivity contribution in [3.63, 3.8) is 0 Å². The Kier molecular flexibility index (Phi) is 4.69. The van der Waals surface area contributed by atoms with Crippen LogP contribution in [0.2, 0.25) is 0 Å². The Morgan fingerprint density at radius 2 is 1.81 bits per heavy atom. The van der Waals surface area contributed by atoms with Gasteiger partial charge in [-0.05, 0) is 12.8 Å². The number of fused-ring (bicyclic) bond motifs is 6. The van der Waals surface area contributed by atoms with Crippen LogP contribution in [-0.2, 0) is 23.1 Å². The molecule has 3 aromatic rings. The smallest absolute Gasteiger partial charge is 0.225 e. The average Bonchev–Trinajstić information content (AvgIpc) is 3.35. The van der Waals surface area contributed by atoms with E-state index >= 15 is 0 Å². The zero-order valence-corrected chi connectivity index (χ0v) is 19.2. The third-order valence-corrected chi connectivity index (χ3v) is 7.17. The van der Waals surface area contributed by atoms with Crippen LogP contribution in [0.4, 0.5) is 5.95 Å². The average molecular weight is 434 g/mol. The summed E-state index contributed by atoms with van der Waals surface area (Å²) in [5, 5.41) is 4.96. The summed E-state index contributed by atoms with van der Waals surface area (Å²) in [7, 11) is 0. The molecule has 8 heteroatoms. The first-order valence-electron chi connectivity index (χ1n) is 11.7. The summed E-state index contributed by atoms with van der Waals surface area (Å²) in [6, 6.07) is 3.06. The normalized spacial score (nSPS) is 23.7. The van der Waals surface area contributed by atoms with Crippen LogP contribution in [0.3, 0.4) is 0 Å². The van der Waals surface area contributed by atoms with Gasteiger partial charge in [0, 0.05) is 79.3 Å². The highest BCUT2D eigenvalue weighted by Crippen LogP contribution is 2.44. The van der Waals surface area contributed by atoms with Gasteiger partial charge in [-0.15, -0.1) is 0 Å². The molecule has 2 bridgehead atoms. The Morgan fingerprint density at radius 1 is 1.03 bits per heavy atom. The molecule has 6 rings (SSSR count). The fraction of sp³-hybridized carbons (Fsp3) is 0.583. The van der Waals surface area contributed by atoms with E-state index in [0.717, 1.165) is 56.6 Å². The standard InChI is InChI=1S/C24H31N7O/c1-24(2,3)21-11-22-25-14-18-19-5-4-17(10-20(18)31(22)28-21)30(19)15-16-12-26-23(27-13-16)29-6-8-32-9-7-29/h11-14,17,19H,4-10,15H2,1-3H3. The number of morpholine rings is 1. The third-order valence-electron chi connectivity index (χ3n) is 7.17. The van der Waals surface area contributed by atoms with Crippen LogP contribution < -0.4 is 4.90 Å². The monoisotopic (exact) mass is 433 g/mol. The second-order valence-electron chi connectivity index (χ2n) is 10.3. The van der Waals surface area contributed by atoms with Crippen molar-refractivity contribution < 1.29 is 4.74 Å². The fourth-order valence-corrected chi connectivity index (χ4v) is 5.36. The lowest BCUT2D eigenvalue weighted by Gasteiger charge is -2.36. The second kappa shape index (κ2) is 7.49. The van der Waals surface area contributed by atoms with Crippen molar-refractivity contribution >= 4 is 11.6 Å². The van der Waals surface area contributed by atoms with Crippen LogP contribution in [0.15, 0.2) is 24.7 Å². The molecule has 2 saturated heterocycles. The molecule has 6 heterocycles. The molecule has 0 amide bonds. The summed E-state index contributed by atoms with van der Waals surface area (Å²) in [4.78, 5) is 18.9. The van der Waals surface area contributed by atoms with Crippen LogP contribution in [0.25, 0.3) is 5.65 Å². The van der Waals surface area contributed by atoms with Gasteiger partial charge in [0.2, 0.25) is 5.95 Å². The number of hydrogen-bond donors (Lipinski definition) is 0. The lowest BCUT2D eigenvalue weighted by Crippen LogP contribution is -2.38. The zero-order valence-electron chi connectivity index (χ0n) is 19.2. The Labute approximate surface area is 188 Å². The number of anilines is 1. The minimum Gasteiger partial charge on any atom is -0.378 e. The van der Waals surface area contributed by atoms with Crippen molar-refractivity contribution in [1.82, 2.24) is 29.5 Å². The maximum Gasteiger partial charge on any atom is 0.225 e. The maximum atomic E-state index is 5.43. The summed E-state index contributed by atoms with van der Waals surface area (Å²) in [6.07, 6.45) is 9.49. The molecule has 2 atom stereocenters. The Morgan fingerprint density at radius 3 is 2.56 bits per heavy atom. The summed E-state index contributed by atoms with van der Waals surface area (Å²) in [6.45, 7) is 10.7. The van der Waals surface area contributed by atoms with Gasteiger partial charge in [0.1, 0.15) is 0 Å². The van der Waals surface area contributed by atoms with Crippen molar-refractivity contribution in [2.24, 2.45) is 0 Å². The first-order chi connectivity index (χ1) is 15.5. The van der Waals surface area contributed by atoms with Crippen LogP contribution >= 0.6 is 0 Å². The molecule has 0 saturated carbocycles. The molecule has 3 aliphatic heterocycles. The van der Waals surface area contributed by atoms with Gasteiger partial charge < -0.3 is 9.64 Å². The van der Waals surface area contributed by atoms with Crippen LogP contribution in [0.1, 0.15) is 62.2 Å². The topological polar surface area (TPSA) is 71.7 Å². The van der Waals surface area contributed by atoms with E-state index in [1.54, 1.807) is 0 Å². The highest BCUT2D eigenvalue weighted by Gasteiger charge is 2.41. The molecule has 32 heavy (non-hydrogen) atoms. The SMILES string of the molecule is CC(C)(C)c1cc2ncc3c(n2n1)CC1CCC3N1Cc1cnc(N2CCOCC2)nc1. The lowest BCUT2D eigenvalue weighted by molar-refractivity contribution is 0.122. The first-order valence-corrected chi connectivity index (χ1v) is 11.7. The summed E-state index contributed by atoms with van der Waals surface area (Å²) in [5.74, 6) is 0.809. The van der Waals surface area contributed by atoms with Crippen molar-refractivity contribution in [2.45, 2.75) is 64.1 Å². The van der Waals surface area contributed by atoms with Crippen LogP contribution in [-0.4, -0.2) is 61.8 Å². The third kappa shape index (κ3) is 3.36. The first kappa shape index (κ1) is 20.1. The van der Waals surface area contributed by atoms with Crippen molar-refractivity contribution in [1.29, 1.82) is 0 Å². The highest BCUT2D eigenvalue weighted by atomic mass is 16.5. The molecule has 0 radical (unpaired) electrons. The van der Waals surface area contributed by atoms with E-state index < -0.39 is 0 Å². The largest absolute Gasteiger partial charge is 0.378 e. The van der Waals surface area contributed by atoms with Crippen LogP contribution in [0, 0.1) is 0 Å². The van der Waals surface area contributed by atoms with E-state index in [1.807, 2.05) is 12.4 Å². The molecule has 3 aliphatic rings. The molecule has 168 valence electrons. The highest BCUT2D eigenvalue weighted by molar-refractivity contribution is 5.45. The number of hydrogen-bond acceptors (Lipinski definition) is 7. The van der Waals surface area contributed by atoms with Gasteiger partial charge in [-0.3, -0.25) is 4.90 Å². The van der Waals surface area contributed by atoms with Gasteiger partial charge in [-0.1, -0.05) is 20.8 Å². The quantitative estimate of drug-likeness (QED) is 0.629. The Hall–Kier alpha value is -2.58. The molecule has 2 unspecified atom stereocenters. The van der Waals surface area contributed by atoms with Crippen LogP contribution in [0.5, 0.6) is 0 Å². The molecule has 2 fully saturated rings. The van der Waals surface area contributed by atoms with E-state index in [9.17, 15) is 0 Å². The second-order valence-corrected chi connectivity index (χ2v) is 10.3. The van der Waals surface area contributed by atoms with Gasteiger partial charge in [0.15, 0.2) is 5.65 Å². The van der Waals surface area contributed by atoms with Crippen molar-refractivity contribution in [3.05, 3.63) is 47.2 Å². The van der Waals surface area contributed by atoms with Gasteiger partial charge in [-0.25, -0.2) is 19.5 Å². The molecule has 0 aliphatic carbocycles. The minimum atomic E-state index is 0.0215. The van der Waals surface area contributed by atoms with E-state index in [-0.39, 0.29) is 5.41 Å². The summed E-state index contributed by atoms with van der Waals surface area (Å²) >= 11 is 0. The van der Waals surface area contributed by atoms with E-state index in [2.05, 4.69) is 57.3 Å². The van der Waals surface area contributed by atoms with E-state index in [4.69, 9.17) is 14.8 Å². The van der Waals surface area contributed by atoms with Crippen molar-refractivity contribution in [3.8, 4) is 0 Å². The molecular weight excluding hydrogens is 402 g/mol. The zero-order chi connectivity index (χ0) is 21.9. The number of ether oxygens (including phenoxy) is 1. The summed E-state index contributed by atoms with van der Waals surface area (Å²) in [5.41, 5.74) is 5.94. The number of aromatic nitrogens is 5. The van der Waals surface area contributed by atoms with E-state index in [1.165, 1.54) is 29.7 Å². The lowest BCUT2D eigenvalue weighted by atomic mass is 9.93. The van der Waals surface area contributed by atoms with Gasteiger partial charge in [0.25, 0.3) is 0 Å². The molecule has 8 nitrogen and oxygen atoms in total. The fourth-order valence-electron chi connectivity index (χ4n) is 5.36. The molecule has 0 N–H and O–H groups in total. The molecular formula is C24H31N7O. The summed E-state index contributed by atoms with van der Waals surface area (Å²) < 4.78 is 7.54. The molecule has 3 aromatic heterocycles. The van der Waals surface area contributed by atoms with Crippen molar-refractivity contribution in [2.75, 3.05) is 31.2 Å². The predicted molar refractivity (Wildman–Crippen MR) is 122 cm³/mol.